The Labute approximate surface area is 153 Å². The molecule has 2 fully saturated rings. The average molecular weight is 359 g/mol. The smallest absolute Gasteiger partial charge is 0.0892 e. The van der Waals surface area contributed by atoms with Gasteiger partial charge in [0.25, 0.3) is 0 Å². The highest BCUT2D eigenvalue weighted by Gasteiger charge is 2.49. The molecule has 2 aliphatic rings. The molecule has 25 heavy (non-hydrogen) atoms. The second-order valence-corrected chi connectivity index (χ2v) is 8.74. The first-order valence-electron chi connectivity index (χ1n) is 9.06. The Morgan fingerprint density at radius 1 is 1.36 bits per heavy atom. The molecule has 4 rings (SSSR count). The summed E-state index contributed by atoms with van der Waals surface area (Å²) in [6.45, 7) is 9.06. The Hall–Kier alpha value is -1.37. The number of likely N-dealkylation sites (tertiary alicyclic amines) is 1. The minimum absolute atomic E-state index is 0.359. The van der Waals surface area contributed by atoms with Crippen LogP contribution in [0.5, 0.6) is 0 Å². The number of hydrogen-bond donors (Lipinski definition) is 0. The van der Waals surface area contributed by atoms with Crippen molar-refractivity contribution in [3.63, 3.8) is 0 Å². The van der Waals surface area contributed by atoms with Gasteiger partial charge in [0.15, 0.2) is 0 Å². The van der Waals surface area contributed by atoms with E-state index in [9.17, 15) is 0 Å². The molecule has 0 saturated carbocycles. The predicted molar refractivity (Wildman–Crippen MR) is 101 cm³/mol. The molecule has 0 N–H and O–H groups in total. The lowest BCUT2D eigenvalue weighted by molar-refractivity contribution is 0.0250. The molecule has 4 heterocycles. The van der Waals surface area contributed by atoms with E-state index in [1.165, 1.54) is 5.56 Å². The highest BCUT2D eigenvalue weighted by atomic mass is 32.2. The molecule has 0 aliphatic carbocycles. The SMILES string of the molecule is CCn1cc(CN2CC3(C[C@H](OCc4cccc(C)n4)CS3)C2)cn1. The first-order chi connectivity index (χ1) is 12.1. The van der Waals surface area contributed by atoms with E-state index in [-0.39, 0.29) is 0 Å². The van der Waals surface area contributed by atoms with E-state index < -0.39 is 0 Å². The maximum atomic E-state index is 6.13. The van der Waals surface area contributed by atoms with Gasteiger partial charge in [0.2, 0.25) is 0 Å². The molecule has 1 spiro atoms. The van der Waals surface area contributed by atoms with Crippen LogP contribution in [-0.2, 0) is 24.4 Å². The number of thioether (sulfide) groups is 1. The van der Waals surface area contributed by atoms with Crippen molar-refractivity contribution in [2.24, 2.45) is 0 Å². The molecule has 5 nitrogen and oxygen atoms in total. The van der Waals surface area contributed by atoms with E-state index >= 15 is 0 Å². The number of ether oxygens (including phenoxy) is 1. The maximum absolute atomic E-state index is 6.13. The maximum Gasteiger partial charge on any atom is 0.0892 e. The summed E-state index contributed by atoms with van der Waals surface area (Å²) in [6, 6.07) is 6.12. The van der Waals surface area contributed by atoms with Crippen molar-refractivity contribution in [3.05, 3.63) is 47.5 Å². The van der Waals surface area contributed by atoms with Gasteiger partial charge in [-0.25, -0.2) is 0 Å². The lowest BCUT2D eigenvalue weighted by Crippen LogP contribution is -2.58. The average Bonchev–Trinajstić information content (AvgIpc) is 3.20. The van der Waals surface area contributed by atoms with Crippen molar-refractivity contribution in [3.8, 4) is 0 Å². The Morgan fingerprint density at radius 3 is 3.00 bits per heavy atom. The van der Waals surface area contributed by atoms with Gasteiger partial charge in [-0.3, -0.25) is 14.6 Å². The normalized spacial score (nSPS) is 22.4. The van der Waals surface area contributed by atoms with Crippen LogP contribution in [0.3, 0.4) is 0 Å². The number of hydrogen-bond acceptors (Lipinski definition) is 5. The number of nitrogens with zero attached hydrogens (tertiary/aromatic N) is 4. The van der Waals surface area contributed by atoms with E-state index in [2.05, 4.69) is 45.9 Å². The Kier molecular flexibility index (Phi) is 4.84. The number of rotatable bonds is 6. The third-order valence-corrected chi connectivity index (χ3v) is 6.60. The molecule has 134 valence electrons. The van der Waals surface area contributed by atoms with Gasteiger partial charge in [-0.1, -0.05) is 6.07 Å². The topological polar surface area (TPSA) is 43.2 Å². The van der Waals surface area contributed by atoms with E-state index in [1.54, 1.807) is 0 Å². The van der Waals surface area contributed by atoms with Crippen molar-refractivity contribution in [1.82, 2.24) is 19.7 Å². The van der Waals surface area contributed by atoms with Crippen LogP contribution in [0.4, 0.5) is 0 Å². The molecule has 0 radical (unpaired) electrons. The highest BCUT2D eigenvalue weighted by Crippen LogP contribution is 2.46. The van der Waals surface area contributed by atoms with Crippen molar-refractivity contribution < 1.29 is 4.74 Å². The standard InChI is InChI=1S/C19H26N4OS/c1-3-23-10-16(8-20-23)9-22-13-19(14-22)7-18(12-25-19)24-11-17-6-4-5-15(2)21-17/h4-6,8,10,18H,3,7,9,11-14H2,1-2H3/t18-/m0/s1. The van der Waals surface area contributed by atoms with Gasteiger partial charge in [0.1, 0.15) is 0 Å². The Bertz CT molecular complexity index is 726. The fraction of sp³-hybridized carbons (Fsp3) is 0.579. The number of aryl methyl sites for hydroxylation is 2. The van der Waals surface area contributed by atoms with Gasteiger partial charge in [-0.2, -0.15) is 5.10 Å². The molecule has 0 unspecified atom stereocenters. The van der Waals surface area contributed by atoms with Crippen molar-refractivity contribution in [2.75, 3.05) is 18.8 Å². The first kappa shape index (κ1) is 17.1. The summed E-state index contributed by atoms with van der Waals surface area (Å²) >= 11 is 2.09. The monoisotopic (exact) mass is 358 g/mol. The van der Waals surface area contributed by atoms with Gasteiger partial charge < -0.3 is 4.74 Å². The second kappa shape index (κ2) is 7.09. The third kappa shape index (κ3) is 3.91. The fourth-order valence-corrected chi connectivity index (χ4v) is 5.42. The summed E-state index contributed by atoms with van der Waals surface area (Å²) in [4.78, 5) is 7.05. The van der Waals surface area contributed by atoms with Crippen molar-refractivity contribution in [2.45, 2.75) is 50.8 Å². The Balaban J connectivity index is 1.23. The summed E-state index contributed by atoms with van der Waals surface area (Å²) < 4.78 is 8.54. The third-order valence-electron chi connectivity index (χ3n) is 5.03. The molecule has 0 aromatic carbocycles. The van der Waals surface area contributed by atoms with E-state index in [0.29, 0.717) is 17.5 Å². The summed E-state index contributed by atoms with van der Waals surface area (Å²) in [5.41, 5.74) is 3.41. The Morgan fingerprint density at radius 2 is 2.24 bits per heavy atom. The fourth-order valence-electron chi connectivity index (χ4n) is 3.81. The summed E-state index contributed by atoms with van der Waals surface area (Å²) in [6.07, 6.45) is 5.68. The first-order valence-corrected chi connectivity index (χ1v) is 10.0. The lowest BCUT2D eigenvalue weighted by atomic mass is 9.92. The van der Waals surface area contributed by atoms with Crippen LogP contribution in [0, 0.1) is 6.92 Å². The van der Waals surface area contributed by atoms with E-state index in [1.807, 2.05) is 29.9 Å². The highest BCUT2D eigenvalue weighted by molar-refractivity contribution is 8.01. The summed E-state index contributed by atoms with van der Waals surface area (Å²) in [5, 5.41) is 4.37. The zero-order chi connectivity index (χ0) is 17.3. The van der Waals surface area contributed by atoms with Crippen molar-refractivity contribution >= 4 is 11.8 Å². The number of aromatic nitrogens is 3. The molecule has 2 aliphatic heterocycles. The van der Waals surface area contributed by atoms with Gasteiger partial charge in [-0.05, 0) is 32.4 Å². The van der Waals surface area contributed by atoms with Crippen molar-refractivity contribution in [1.29, 1.82) is 0 Å². The van der Waals surface area contributed by atoms with E-state index in [4.69, 9.17) is 4.74 Å². The van der Waals surface area contributed by atoms with Crippen LogP contribution in [0.2, 0.25) is 0 Å². The molecule has 0 amide bonds. The van der Waals surface area contributed by atoms with Crippen LogP contribution in [0.15, 0.2) is 30.6 Å². The molecule has 2 aromatic rings. The molecule has 2 aromatic heterocycles. The van der Waals surface area contributed by atoms with Gasteiger partial charge >= 0.3 is 0 Å². The number of pyridine rings is 1. The van der Waals surface area contributed by atoms with Crippen LogP contribution in [-0.4, -0.2) is 49.4 Å². The summed E-state index contributed by atoms with van der Waals surface area (Å²) in [5.74, 6) is 1.10. The molecule has 2 saturated heterocycles. The van der Waals surface area contributed by atoms with Gasteiger partial charge in [0, 0.05) is 54.1 Å². The predicted octanol–water partition coefficient (Wildman–Crippen LogP) is 2.88. The minimum Gasteiger partial charge on any atom is -0.371 e. The zero-order valence-corrected chi connectivity index (χ0v) is 15.8. The van der Waals surface area contributed by atoms with Crippen LogP contribution in [0.1, 0.15) is 30.3 Å². The van der Waals surface area contributed by atoms with Crippen LogP contribution >= 0.6 is 11.8 Å². The zero-order valence-electron chi connectivity index (χ0n) is 15.0. The quantitative estimate of drug-likeness (QED) is 0.794. The van der Waals surface area contributed by atoms with Crippen LogP contribution < -0.4 is 0 Å². The molecule has 1 atom stereocenters. The molecule has 6 heteroatoms. The minimum atomic E-state index is 0.359. The second-order valence-electron chi connectivity index (χ2n) is 7.25. The van der Waals surface area contributed by atoms with Gasteiger partial charge in [-0.15, -0.1) is 11.8 Å². The molecular weight excluding hydrogens is 332 g/mol. The largest absolute Gasteiger partial charge is 0.371 e. The summed E-state index contributed by atoms with van der Waals surface area (Å²) in [7, 11) is 0. The van der Waals surface area contributed by atoms with E-state index in [0.717, 1.165) is 49.7 Å². The lowest BCUT2D eigenvalue weighted by Gasteiger charge is -2.47. The molecule has 0 bridgehead atoms. The van der Waals surface area contributed by atoms with Crippen LogP contribution in [0.25, 0.3) is 0 Å². The van der Waals surface area contributed by atoms with Gasteiger partial charge in [0.05, 0.1) is 24.6 Å². The molecular formula is C19H26N4OS.